The third-order valence-electron chi connectivity index (χ3n) is 4.95. The van der Waals surface area contributed by atoms with E-state index in [-0.39, 0.29) is 35.3 Å². The van der Waals surface area contributed by atoms with Crippen molar-refractivity contribution in [3.05, 3.63) is 64.1 Å². The van der Waals surface area contributed by atoms with Crippen molar-refractivity contribution in [1.29, 1.82) is 0 Å². The fraction of sp³-hybridized carbons (Fsp3) is 0.182. The van der Waals surface area contributed by atoms with E-state index in [4.69, 9.17) is 22.1 Å². The third kappa shape index (κ3) is 5.03. The second-order valence-electron chi connectivity index (χ2n) is 7.16. The number of thiazole rings is 1. The molecule has 0 aliphatic carbocycles. The average molecular weight is 489 g/mol. The Bertz CT molecular complexity index is 1220. The van der Waals surface area contributed by atoms with Gasteiger partial charge in [0.2, 0.25) is 5.91 Å². The Morgan fingerprint density at radius 2 is 2.00 bits per heavy atom. The van der Waals surface area contributed by atoms with Gasteiger partial charge in [-0.15, -0.1) is 16.5 Å². The smallest absolute Gasteiger partial charge is 0.261 e. The Balaban J connectivity index is 1.46. The molecule has 1 aliphatic heterocycles. The SMILES string of the molecule is NC(=O)c1ccc(Cl)cc1-c1nc(CC(=O)N(F)c2ccc(N3CCOCC3=O)cc2)cs1. The maximum absolute atomic E-state index is 14.7. The standard InChI is InChI=1S/C22H18ClFN4O4S/c23-13-1-6-17(21(25)31)18(9-13)22-26-14(12-33-22)10-19(29)28(24)16-4-2-15(3-5-16)27-7-8-32-11-20(27)30/h1-6,9,12H,7-8,10-11H2,(H2,25,31). The van der Waals surface area contributed by atoms with Crippen LogP contribution in [0.1, 0.15) is 16.1 Å². The molecule has 1 saturated heterocycles. The minimum Gasteiger partial charge on any atom is -0.370 e. The van der Waals surface area contributed by atoms with E-state index in [1.165, 1.54) is 29.5 Å². The molecular formula is C22H18ClFN4O4S. The molecule has 170 valence electrons. The second kappa shape index (κ2) is 9.65. The number of morpholine rings is 1. The molecule has 2 heterocycles. The van der Waals surface area contributed by atoms with Crippen LogP contribution in [0, 0.1) is 0 Å². The van der Waals surface area contributed by atoms with Gasteiger partial charge in [0.1, 0.15) is 11.6 Å². The highest BCUT2D eigenvalue weighted by Gasteiger charge is 2.22. The summed E-state index contributed by atoms with van der Waals surface area (Å²) in [6.45, 7) is 0.834. The molecule has 1 aromatic heterocycles. The number of hydrogen-bond acceptors (Lipinski definition) is 6. The first-order valence-corrected chi connectivity index (χ1v) is 11.1. The van der Waals surface area contributed by atoms with Crippen LogP contribution in [0.3, 0.4) is 0 Å². The van der Waals surface area contributed by atoms with Crippen molar-refractivity contribution < 1.29 is 23.6 Å². The molecule has 33 heavy (non-hydrogen) atoms. The number of anilines is 2. The Kier molecular flexibility index (Phi) is 6.68. The Labute approximate surface area is 197 Å². The summed E-state index contributed by atoms with van der Waals surface area (Å²) in [5, 5.41) is 2.50. The normalized spacial score (nSPS) is 13.8. The molecule has 0 saturated carbocycles. The lowest BCUT2D eigenvalue weighted by molar-refractivity contribution is -0.125. The number of nitrogens with zero attached hydrogens (tertiary/aromatic N) is 3. The number of carbonyl (C=O) groups excluding carboxylic acids is 3. The van der Waals surface area contributed by atoms with E-state index < -0.39 is 11.8 Å². The van der Waals surface area contributed by atoms with E-state index in [1.54, 1.807) is 34.5 Å². The summed E-state index contributed by atoms with van der Waals surface area (Å²) in [5.74, 6) is -1.63. The van der Waals surface area contributed by atoms with E-state index in [0.29, 0.717) is 40.1 Å². The maximum Gasteiger partial charge on any atom is 0.261 e. The quantitative estimate of drug-likeness (QED) is 0.535. The van der Waals surface area contributed by atoms with E-state index in [9.17, 15) is 18.9 Å². The number of benzene rings is 2. The molecule has 0 bridgehead atoms. The van der Waals surface area contributed by atoms with Crippen molar-refractivity contribution in [2.75, 3.05) is 29.8 Å². The molecule has 2 aromatic carbocycles. The molecule has 0 unspecified atom stereocenters. The number of primary amides is 1. The number of ether oxygens (including phenoxy) is 1. The summed E-state index contributed by atoms with van der Waals surface area (Å²) in [5.41, 5.74) is 7.09. The van der Waals surface area contributed by atoms with Gasteiger partial charge in [0.05, 0.1) is 24.4 Å². The molecule has 0 spiro atoms. The van der Waals surface area contributed by atoms with Crippen LogP contribution >= 0.6 is 22.9 Å². The van der Waals surface area contributed by atoms with Crippen molar-refractivity contribution in [2.45, 2.75) is 6.42 Å². The van der Waals surface area contributed by atoms with Crippen LogP contribution in [0.2, 0.25) is 5.02 Å². The van der Waals surface area contributed by atoms with Gasteiger partial charge in [-0.25, -0.2) is 4.98 Å². The summed E-state index contributed by atoms with van der Waals surface area (Å²) < 4.78 is 19.8. The molecule has 4 rings (SSSR count). The van der Waals surface area contributed by atoms with Gasteiger partial charge in [0, 0.05) is 33.8 Å². The number of nitrogens with two attached hydrogens (primary N) is 1. The summed E-state index contributed by atoms with van der Waals surface area (Å²) in [6, 6.07) is 10.6. The van der Waals surface area contributed by atoms with Crippen LogP contribution in [-0.2, 0) is 20.7 Å². The predicted octanol–water partition coefficient (Wildman–Crippen LogP) is 3.39. The van der Waals surface area contributed by atoms with Gasteiger partial charge >= 0.3 is 0 Å². The van der Waals surface area contributed by atoms with Crippen LogP contribution in [0.25, 0.3) is 10.6 Å². The third-order valence-corrected chi connectivity index (χ3v) is 6.11. The zero-order valence-corrected chi connectivity index (χ0v) is 18.7. The van der Waals surface area contributed by atoms with E-state index >= 15 is 0 Å². The van der Waals surface area contributed by atoms with Crippen molar-refractivity contribution in [3.8, 4) is 10.6 Å². The lowest BCUT2D eigenvalue weighted by Gasteiger charge is -2.27. The second-order valence-corrected chi connectivity index (χ2v) is 8.46. The number of aromatic nitrogens is 1. The van der Waals surface area contributed by atoms with Crippen LogP contribution in [0.15, 0.2) is 47.8 Å². The Morgan fingerprint density at radius 1 is 1.24 bits per heavy atom. The van der Waals surface area contributed by atoms with Crippen LogP contribution in [-0.4, -0.2) is 42.5 Å². The van der Waals surface area contributed by atoms with Gasteiger partial charge in [-0.1, -0.05) is 16.1 Å². The molecule has 3 aromatic rings. The molecule has 3 amide bonds. The lowest BCUT2D eigenvalue weighted by atomic mass is 10.1. The fourth-order valence-corrected chi connectivity index (χ4v) is 4.36. The molecule has 2 N–H and O–H groups in total. The summed E-state index contributed by atoms with van der Waals surface area (Å²) >= 11 is 7.22. The highest BCUT2D eigenvalue weighted by molar-refractivity contribution is 7.13. The van der Waals surface area contributed by atoms with Crippen LogP contribution in [0.4, 0.5) is 15.9 Å². The summed E-state index contributed by atoms with van der Waals surface area (Å²) in [6.07, 6.45) is -0.289. The molecular weight excluding hydrogens is 471 g/mol. The number of hydrogen-bond donors (Lipinski definition) is 1. The number of carbonyl (C=O) groups is 3. The highest BCUT2D eigenvalue weighted by atomic mass is 35.5. The minimum atomic E-state index is -0.816. The Hall–Kier alpha value is -3.34. The van der Waals surface area contributed by atoms with Gasteiger partial charge < -0.3 is 15.4 Å². The fourth-order valence-electron chi connectivity index (χ4n) is 3.34. The number of rotatable bonds is 6. The topological polar surface area (TPSA) is 106 Å². The first-order chi connectivity index (χ1) is 15.8. The largest absolute Gasteiger partial charge is 0.370 e. The van der Waals surface area contributed by atoms with Gasteiger partial charge in [0.25, 0.3) is 11.8 Å². The van der Waals surface area contributed by atoms with Gasteiger partial charge in [-0.2, -0.15) is 0 Å². The first kappa shape index (κ1) is 22.8. The first-order valence-electron chi connectivity index (χ1n) is 9.84. The number of amides is 3. The average Bonchev–Trinajstić information content (AvgIpc) is 3.27. The maximum atomic E-state index is 14.7. The lowest BCUT2D eigenvalue weighted by Crippen LogP contribution is -2.41. The zero-order valence-electron chi connectivity index (χ0n) is 17.2. The highest BCUT2D eigenvalue weighted by Crippen LogP contribution is 2.30. The van der Waals surface area contributed by atoms with Crippen molar-refractivity contribution >= 4 is 52.0 Å². The molecule has 11 heteroatoms. The van der Waals surface area contributed by atoms with E-state index in [2.05, 4.69) is 4.98 Å². The molecule has 1 aliphatic rings. The predicted molar refractivity (Wildman–Crippen MR) is 123 cm³/mol. The van der Waals surface area contributed by atoms with Crippen LogP contribution < -0.4 is 15.8 Å². The molecule has 1 fully saturated rings. The van der Waals surface area contributed by atoms with Gasteiger partial charge in [-0.05, 0) is 42.5 Å². The summed E-state index contributed by atoms with van der Waals surface area (Å²) in [4.78, 5) is 42.0. The van der Waals surface area contributed by atoms with Crippen molar-refractivity contribution in [1.82, 2.24) is 4.98 Å². The van der Waals surface area contributed by atoms with E-state index in [1.807, 2.05) is 0 Å². The monoisotopic (exact) mass is 488 g/mol. The van der Waals surface area contributed by atoms with E-state index in [0.717, 1.165) is 0 Å². The molecule has 0 radical (unpaired) electrons. The molecule has 0 atom stereocenters. The van der Waals surface area contributed by atoms with Crippen molar-refractivity contribution in [2.24, 2.45) is 5.73 Å². The van der Waals surface area contributed by atoms with Gasteiger partial charge in [0.15, 0.2) is 0 Å². The van der Waals surface area contributed by atoms with Crippen LogP contribution in [0.5, 0.6) is 0 Å². The van der Waals surface area contributed by atoms with Crippen molar-refractivity contribution in [3.63, 3.8) is 0 Å². The number of halogens is 2. The van der Waals surface area contributed by atoms with Gasteiger partial charge in [-0.3, -0.25) is 14.4 Å². The summed E-state index contributed by atoms with van der Waals surface area (Å²) in [7, 11) is 0. The Morgan fingerprint density at radius 3 is 2.70 bits per heavy atom. The molecule has 8 nitrogen and oxygen atoms in total. The minimum absolute atomic E-state index is 0.00121. The zero-order chi connectivity index (χ0) is 23.5.